The van der Waals surface area contributed by atoms with E-state index in [1.807, 2.05) is 25.7 Å². The highest BCUT2D eigenvalue weighted by atomic mass is 32.2. The van der Waals surface area contributed by atoms with E-state index < -0.39 is 21.7 Å². The molecule has 0 saturated carbocycles. The van der Waals surface area contributed by atoms with E-state index in [1.54, 1.807) is 26.8 Å². The zero-order valence-corrected chi connectivity index (χ0v) is 20.2. The number of ether oxygens (including phenoxy) is 2. The van der Waals surface area contributed by atoms with Gasteiger partial charge in [-0.15, -0.1) is 0 Å². The molecule has 2 aromatic rings. The van der Waals surface area contributed by atoms with Gasteiger partial charge in [0.2, 0.25) is 0 Å². The largest absolute Gasteiger partial charge is 0.459 e. The van der Waals surface area contributed by atoms with Crippen molar-refractivity contribution in [3.05, 3.63) is 39.8 Å². The van der Waals surface area contributed by atoms with E-state index in [0.717, 1.165) is 0 Å². The lowest BCUT2D eigenvalue weighted by atomic mass is 10.1. The fraction of sp³-hybridized carbons (Fsp3) is 0.545. The van der Waals surface area contributed by atoms with Crippen molar-refractivity contribution in [2.45, 2.75) is 52.4 Å². The molecule has 3 heterocycles. The summed E-state index contributed by atoms with van der Waals surface area (Å²) in [7, 11) is -1.52. The molecule has 3 rings (SSSR count). The first kappa shape index (κ1) is 24.1. The highest BCUT2D eigenvalue weighted by Crippen LogP contribution is 2.20. The van der Waals surface area contributed by atoms with Crippen LogP contribution in [0.5, 0.6) is 0 Å². The minimum Gasteiger partial charge on any atom is -0.459 e. The van der Waals surface area contributed by atoms with Crippen molar-refractivity contribution in [2.24, 2.45) is 4.40 Å². The smallest absolute Gasteiger partial charge is 0.339 e. The highest BCUT2D eigenvalue weighted by molar-refractivity contribution is 7.85. The summed E-state index contributed by atoms with van der Waals surface area (Å²) in [5.41, 5.74) is 1.07. The molecule has 0 unspecified atom stereocenters. The average Bonchev–Trinajstić information content (AvgIpc) is 2.72. The number of anilines is 1. The number of carbonyl (C=O) groups excluding carboxylic acids is 1. The van der Waals surface area contributed by atoms with E-state index >= 15 is 0 Å². The zero-order chi connectivity index (χ0) is 23.6. The molecule has 0 bridgehead atoms. The summed E-state index contributed by atoms with van der Waals surface area (Å²) in [6.45, 7) is 13.0. The van der Waals surface area contributed by atoms with Crippen LogP contribution in [0.15, 0.2) is 27.5 Å². The number of nitrogens with zero attached hydrogens (tertiary/aromatic N) is 4. The molecule has 0 aliphatic carbocycles. The predicted molar refractivity (Wildman–Crippen MR) is 125 cm³/mol. The molecule has 1 fully saturated rings. The van der Waals surface area contributed by atoms with Gasteiger partial charge < -0.3 is 14.4 Å². The second-order valence-electron chi connectivity index (χ2n) is 8.88. The molecule has 174 valence electrons. The van der Waals surface area contributed by atoms with Crippen molar-refractivity contribution < 1.29 is 18.5 Å². The lowest BCUT2D eigenvalue weighted by Crippen LogP contribution is -2.37. The summed E-state index contributed by atoms with van der Waals surface area (Å²) >= 11 is 0. The van der Waals surface area contributed by atoms with E-state index in [9.17, 15) is 13.8 Å². The van der Waals surface area contributed by atoms with Crippen molar-refractivity contribution in [3.63, 3.8) is 0 Å². The standard InChI is InChI=1S/C22H30N4O5S/c1-14(2)31-21(28)16-11-17(15(3)24-32(29)22(4,5)6)20-23-18(12-19(27)26(20)13-16)25-7-9-30-10-8-25/h11-14H,7-10H2,1-6H3/b24-15+/t32-/m0/s1. The summed E-state index contributed by atoms with van der Waals surface area (Å²) < 4.78 is 28.5. The van der Waals surface area contributed by atoms with Gasteiger partial charge in [0.1, 0.15) is 16.8 Å². The average molecular weight is 463 g/mol. The monoisotopic (exact) mass is 462 g/mol. The summed E-state index contributed by atoms with van der Waals surface area (Å²) in [5, 5.41) is 0. The van der Waals surface area contributed by atoms with Crippen molar-refractivity contribution in [2.75, 3.05) is 31.2 Å². The van der Waals surface area contributed by atoms with Crippen molar-refractivity contribution in [1.29, 1.82) is 0 Å². The summed E-state index contributed by atoms with van der Waals surface area (Å²) in [6.07, 6.45) is 1.11. The quantitative estimate of drug-likeness (QED) is 0.496. The third kappa shape index (κ3) is 5.42. The third-order valence-corrected chi connectivity index (χ3v) is 6.28. The maximum atomic E-state index is 13.0. The maximum absolute atomic E-state index is 13.0. The minimum absolute atomic E-state index is 0.195. The van der Waals surface area contributed by atoms with Gasteiger partial charge >= 0.3 is 5.97 Å². The Bertz CT molecular complexity index is 1130. The van der Waals surface area contributed by atoms with Crippen LogP contribution in [0.3, 0.4) is 0 Å². The first-order chi connectivity index (χ1) is 15.0. The molecule has 1 aliphatic rings. The Labute approximate surface area is 190 Å². The highest BCUT2D eigenvalue weighted by Gasteiger charge is 2.22. The van der Waals surface area contributed by atoms with Crippen LogP contribution in [0.25, 0.3) is 5.65 Å². The molecular formula is C22H30N4O5S. The Morgan fingerprint density at radius 2 is 1.91 bits per heavy atom. The molecule has 10 heteroatoms. The van der Waals surface area contributed by atoms with Crippen LogP contribution in [0.1, 0.15) is 57.5 Å². The Morgan fingerprint density at radius 3 is 2.50 bits per heavy atom. The normalized spacial score (nSPS) is 16.5. The van der Waals surface area contributed by atoms with Gasteiger partial charge in [-0.05, 0) is 47.6 Å². The van der Waals surface area contributed by atoms with Crippen LogP contribution in [-0.4, -0.2) is 62.4 Å². The van der Waals surface area contributed by atoms with Crippen LogP contribution in [0.4, 0.5) is 5.82 Å². The van der Waals surface area contributed by atoms with Crippen LogP contribution in [-0.2, 0) is 20.5 Å². The minimum atomic E-state index is -1.52. The third-order valence-electron chi connectivity index (χ3n) is 4.79. The maximum Gasteiger partial charge on any atom is 0.339 e. The Hall–Kier alpha value is -2.59. The number of carbonyl (C=O) groups is 1. The van der Waals surface area contributed by atoms with Crippen LogP contribution in [0.2, 0.25) is 0 Å². The number of hydrogen-bond donors (Lipinski definition) is 0. The molecule has 2 aromatic heterocycles. The fourth-order valence-electron chi connectivity index (χ4n) is 3.12. The Morgan fingerprint density at radius 1 is 1.25 bits per heavy atom. The molecule has 0 amide bonds. The lowest BCUT2D eigenvalue weighted by molar-refractivity contribution is 0.0377. The van der Waals surface area contributed by atoms with Crippen LogP contribution < -0.4 is 10.5 Å². The number of esters is 1. The predicted octanol–water partition coefficient (Wildman–Crippen LogP) is 2.37. The first-order valence-electron chi connectivity index (χ1n) is 10.6. The van der Waals surface area contributed by atoms with E-state index in [2.05, 4.69) is 4.40 Å². The lowest BCUT2D eigenvalue weighted by Gasteiger charge is -2.28. The molecule has 0 aromatic carbocycles. The van der Waals surface area contributed by atoms with Gasteiger partial charge in [0.25, 0.3) is 5.56 Å². The Kier molecular flexibility index (Phi) is 7.14. The molecule has 0 radical (unpaired) electrons. The number of rotatable bonds is 5. The molecule has 32 heavy (non-hydrogen) atoms. The van der Waals surface area contributed by atoms with E-state index in [4.69, 9.17) is 14.5 Å². The first-order valence-corrected chi connectivity index (χ1v) is 11.7. The fourth-order valence-corrected chi connectivity index (χ4v) is 3.74. The zero-order valence-electron chi connectivity index (χ0n) is 19.4. The molecule has 0 spiro atoms. The second-order valence-corrected chi connectivity index (χ2v) is 10.8. The van der Waals surface area contributed by atoms with Gasteiger partial charge in [-0.3, -0.25) is 9.20 Å². The second kappa shape index (κ2) is 9.50. The van der Waals surface area contributed by atoms with Gasteiger partial charge in [0.15, 0.2) is 5.65 Å². The summed E-state index contributed by atoms with van der Waals surface area (Å²) in [5.74, 6) is -0.0288. The molecule has 9 nitrogen and oxygen atoms in total. The van der Waals surface area contributed by atoms with E-state index in [1.165, 1.54) is 16.7 Å². The number of aromatic nitrogens is 2. The van der Waals surface area contributed by atoms with Gasteiger partial charge in [0.05, 0.1) is 35.3 Å². The summed E-state index contributed by atoms with van der Waals surface area (Å²) in [6, 6.07) is 3.04. The molecule has 1 saturated heterocycles. The molecule has 0 N–H and O–H groups in total. The van der Waals surface area contributed by atoms with Crippen LogP contribution in [0, 0.1) is 0 Å². The van der Waals surface area contributed by atoms with Gasteiger partial charge in [-0.2, -0.15) is 4.40 Å². The molecule has 1 aliphatic heterocycles. The summed E-state index contributed by atoms with van der Waals surface area (Å²) in [4.78, 5) is 32.3. The van der Waals surface area contributed by atoms with E-state index in [-0.39, 0.29) is 17.2 Å². The van der Waals surface area contributed by atoms with Gasteiger partial charge in [0, 0.05) is 30.9 Å². The van der Waals surface area contributed by atoms with Crippen molar-refractivity contribution >= 4 is 34.1 Å². The topological polar surface area (TPSA) is 103 Å². The SMILES string of the molecule is C/C(=N\[S@@](=O)C(C)(C)C)c1cc(C(=O)OC(C)C)cn2c(=O)cc(N3CCOCC3)nc12. The van der Waals surface area contributed by atoms with Crippen molar-refractivity contribution in [1.82, 2.24) is 9.38 Å². The van der Waals surface area contributed by atoms with Gasteiger partial charge in [-0.25, -0.2) is 14.0 Å². The van der Waals surface area contributed by atoms with E-state index in [0.29, 0.717) is 49.0 Å². The molecule has 1 atom stereocenters. The molecular weight excluding hydrogens is 432 g/mol. The van der Waals surface area contributed by atoms with Crippen molar-refractivity contribution in [3.8, 4) is 0 Å². The van der Waals surface area contributed by atoms with Gasteiger partial charge in [-0.1, -0.05) is 0 Å². The number of pyridine rings is 1. The number of hydrogen-bond acceptors (Lipinski definition) is 7. The Balaban J connectivity index is 2.22. The van der Waals surface area contributed by atoms with Crippen LogP contribution >= 0.6 is 0 Å². The number of morpholine rings is 1. The number of fused-ring (bicyclic) bond motifs is 1.